The van der Waals surface area contributed by atoms with Gasteiger partial charge in [0.2, 0.25) is 0 Å². The average Bonchev–Trinajstić information content (AvgIpc) is 2.29. The first-order valence-electron chi connectivity index (χ1n) is 5.35. The van der Waals surface area contributed by atoms with E-state index in [1.807, 2.05) is 0 Å². The van der Waals surface area contributed by atoms with Crippen molar-refractivity contribution in [3.05, 3.63) is 0 Å². The van der Waals surface area contributed by atoms with Crippen LogP contribution in [0.1, 0.15) is 26.2 Å². The summed E-state index contributed by atoms with van der Waals surface area (Å²) in [6.07, 6.45) is 3.16. The summed E-state index contributed by atoms with van der Waals surface area (Å²) in [7, 11) is 0. The topological polar surface area (TPSA) is 62.3 Å². The molecule has 0 aromatic rings. The minimum atomic E-state index is 0.295. The second-order valence-corrected chi connectivity index (χ2v) is 3.96. The fourth-order valence-corrected chi connectivity index (χ4v) is 1.78. The third-order valence-corrected chi connectivity index (χ3v) is 2.46. The van der Waals surface area contributed by atoms with E-state index in [9.17, 15) is 0 Å². The Kier molecular flexibility index (Phi) is 4.90. The molecule has 1 atom stereocenters. The highest BCUT2D eigenvalue weighted by atomic mass is 16.5. The SMILES string of the molecule is CC1CN(CCCC(=N)N)CCCO1. The number of ether oxygens (including phenoxy) is 1. The Morgan fingerprint density at radius 1 is 1.64 bits per heavy atom. The van der Waals surface area contributed by atoms with Crippen LogP contribution < -0.4 is 5.73 Å². The summed E-state index contributed by atoms with van der Waals surface area (Å²) in [4.78, 5) is 2.40. The van der Waals surface area contributed by atoms with Crippen LogP contribution in [0.3, 0.4) is 0 Å². The number of rotatable bonds is 4. The van der Waals surface area contributed by atoms with Crippen molar-refractivity contribution in [1.82, 2.24) is 4.90 Å². The van der Waals surface area contributed by atoms with Crippen LogP contribution in [0.15, 0.2) is 0 Å². The van der Waals surface area contributed by atoms with Crippen LogP contribution in [0.5, 0.6) is 0 Å². The van der Waals surface area contributed by atoms with Gasteiger partial charge in [-0.2, -0.15) is 0 Å². The molecule has 4 heteroatoms. The lowest BCUT2D eigenvalue weighted by Crippen LogP contribution is -2.31. The third kappa shape index (κ3) is 4.58. The first-order chi connectivity index (χ1) is 6.68. The molecule has 1 unspecified atom stereocenters. The van der Waals surface area contributed by atoms with E-state index in [-0.39, 0.29) is 0 Å². The summed E-state index contributed by atoms with van der Waals surface area (Å²) in [6.45, 7) is 6.15. The molecule has 0 radical (unpaired) electrons. The van der Waals surface area contributed by atoms with Crippen LogP contribution in [-0.2, 0) is 4.74 Å². The summed E-state index contributed by atoms with van der Waals surface area (Å²) < 4.78 is 5.55. The molecule has 82 valence electrons. The van der Waals surface area contributed by atoms with E-state index in [1.54, 1.807) is 0 Å². The molecule has 0 bridgehead atoms. The summed E-state index contributed by atoms with van der Waals surface area (Å²) >= 11 is 0. The minimum Gasteiger partial charge on any atom is -0.388 e. The smallest absolute Gasteiger partial charge is 0.0905 e. The lowest BCUT2D eigenvalue weighted by Gasteiger charge is -2.21. The van der Waals surface area contributed by atoms with Crippen LogP contribution in [0.2, 0.25) is 0 Å². The summed E-state index contributed by atoms with van der Waals surface area (Å²) in [6, 6.07) is 0. The van der Waals surface area contributed by atoms with Crippen molar-refractivity contribution in [3.63, 3.8) is 0 Å². The van der Waals surface area contributed by atoms with Gasteiger partial charge in [-0.15, -0.1) is 0 Å². The van der Waals surface area contributed by atoms with Gasteiger partial charge in [0.25, 0.3) is 0 Å². The van der Waals surface area contributed by atoms with E-state index < -0.39 is 0 Å². The second-order valence-electron chi connectivity index (χ2n) is 3.96. The molecule has 14 heavy (non-hydrogen) atoms. The number of hydrogen-bond donors (Lipinski definition) is 2. The number of hydrogen-bond acceptors (Lipinski definition) is 3. The van der Waals surface area contributed by atoms with E-state index in [4.69, 9.17) is 15.9 Å². The maximum atomic E-state index is 7.13. The van der Waals surface area contributed by atoms with Gasteiger partial charge in [-0.05, 0) is 26.3 Å². The van der Waals surface area contributed by atoms with E-state index >= 15 is 0 Å². The maximum absolute atomic E-state index is 7.13. The molecule has 3 N–H and O–H groups in total. The molecule has 0 aromatic heterocycles. The molecule has 4 nitrogen and oxygen atoms in total. The summed E-state index contributed by atoms with van der Waals surface area (Å²) in [5.41, 5.74) is 5.31. The fourth-order valence-electron chi connectivity index (χ4n) is 1.78. The van der Waals surface area contributed by atoms with Gasteiger partial charge in [-0.1, -0.05) is 0 Å². The van der Waals surface area contributed by atoms with Crippen LogP contribution in [0.4, 0.5) is 0 Å². The van der Waals surface area contributed by atoms with Crippen molar-refractivity contribution in [1.29, 1.82) is 5.41 Å². The van der Waals surface area contributed by atoms with Gasteiger partial charge < -0.3 is 15.4 Å². The van der Waals surface area contributed by atoms with E-state index in [2.05, 4.69) is 11.8 Å². The molecule has 0 aliphatic carbocycles. The first kappa shape index (κ1) is 11.5. The molecule has 0 amide bonds. The molecule has 0 saturated carbocycles. The highest BCUT2D eigenvalue weighted by molar-refractivity contribution is 5.76. The van der Waals surface area contributed by atoms with E-state index in [0.717, 1.165) is 39.1 Å². The maximum Gasteiger partial charge on any atom is 0.0905 e. The van der Waals surface area contributed by atoms with Crippen molar-refractivity contribution < 1.29 is 4.74 Å². The Labute approximate surface area is 85.9 Å². The van der Waals surface area contributed by atoms with Crippen LogP contribution >= 0.6 is 0 Å². The Morgan fingerprint density at radius 3 is 3.14 bits per heavy atom. The summed E-state index contributed by atoms with van der Waals surface area (Å²) in [5.74, 6) is 0.295. The zero-order valence-corrected chi connectivity index (χ0v) is 8.96. The molecule has 0 aromatic carbocycles. The summed E-state index contributed by atoms with van der Waals surface area (Å²) in [5, 5.41) is 7.13. The van der Waals surface area contributed by atoms with Gasteiger partial charge in [-0.3, -0.25) is 5.41 Å². The predicted molar refractivity (Wildman–Crippen MR) is 57.6 cm³/mol. The van der Waals surface area contributed by atoms with Crippen molar-refractivity contribution in [2.45, 2.75) is 32.3 Å². The highest BCUT2D eigenvalue weighted by Gasteiger charge is 2.13. The molecule has 1 heterocycles. The second kappa shape index (κ2) is 5.98. The fraction of sp³-hybridized carbons (Fsp3) is 0.900. The average molecular weight is 199 g/mol. The monoisotopic (exact) mass is 199 g/mol. The highest BCUT2D eigenvalue weighted by Crippen LogP contribution is 2.06. The molecule has 1 saturated heterocycles. The molecule has 1 aliphatic heterocycles. The van der Waals surface area contributed by atoms with Crippen LogP contribution in [0.25, 0.3) is 0 Å². The van der Waals surface area contributed by atoms with Gasteiger partial charge in [0, 0.05) is 26.1 Å². The number of nitrogens with zero attached hydrogens (tertiary/aromatic N) is 1. The molecule has 1 aliphatic rings. The normalized spacial score (nSPS) is 24.5. The lowest BCUT2D eigenvalue weighted by atomic mass is 10.2. The largest absolute Gasteiger partial charge is 0.388 e. The van der Waals surface area contributed by atoms with E-state index in [0.29, 0.717) is 18.4 Å². The van der Waals surface area contributed by atoms with Crippen LogP contribution in [0, 0.1) is 5.41 Å². The standard InChI is InChI=1S/C10H21N3O/c1-9-8-13(6-3-7-14-9)5-2-4-10(11)12/h9H,2-8H2,1H3,(H3,11,12). The molecule has 1 rings (SSSR count). The number of nitrogens with one attached hydrogen (secondary N) is 1. The van der Waals surface area contributed by atoms with Crippen molar-refractivity contribution in [2.24, 2.45) is 5.73 Å². The van der Waals surface area contributed by atoms with Crippen molar-refractivity contribution >= 4 is 5.84 Å². The van der Waals surface area contributed by atoms with Gasteiger partial charge in [0.15, 0.2) is 0 Å². The van der Waals surface area contributed by atoms with Gasteiger partial charge in [0.1, 0.15) is 0 Å². The van der Waals surface area contributed by atoms with Gasteiger partial charge in [0.05, 0.1) is 11.9 Å². The van der Waals surface area contributed by atoms with Gasteiger partial charge in [-0.25, -0.2) is 0 Å². The first-order valence-corrected chi connectivity index (χ1v) is 5.35. The van der Waals surface area contributed by atoms with Gasteiger partial charge >= 0.3 is 0 Å². The minimum absolute atomic E-state index is 0.295. The molecule has 1 fully saturated rings. The molecule has 0 spiro atoms. The third-order valence-electron chi connectivity index (χ3n) is 2.46. The predicted octanol–water partition coefficient (Wildman–Crippen LogP) is 0.813. The Hall–Kier alpha value is -0.610. The zero-order chi connectivity index (χ0) is 10.4. The Balaban J connectivity index is 2.18. The quantitative estimate of drug-likeness (QED) is 0.520. The Bertz CT molecular complexity index is 184. The number of amidine groups is 1. The molecular formula is C10H21N3O. The lowest BCUT2D eigenvalue weighted by molar-refractivity contribution is 0.0677. The molecular weight excluding hydrogens is 178 g/mol. The number of nitrogens with two attached hydrogens (primary N) is 1. The Morgan fingerprint density at radius 2 is 2.43 bits per heavy atom. The van der Waals surface area contributed by atoms with Crippen molar-refractivity contribution in [2.75, 3.05) is 26.2 Å². The van der Waals surface area contributed by atoms with Crippen LogP contribution in [-0.4, -0.2) is 43.1 Å². The van der Waals surface area contributed by atoms with Crippen molar-refractivity contribution in [3.8, 4) is 0 Å². The zero-order valence-electron chi connectivity index (χ0n) is 8.96. The van der Waals surface area contributed by atoms with E-state index in [1.165, 1.54) is 0 Å².